The Kier molecular flexibility index (Phi) is 8.11. The van der Waals surface area contributed by atoms with Gasteiger partial charge in [0, 0.05) is 29.0 Å². The number of nitro benzene ring substituents is 1. The molecule has 0 aliphatic carbocycles. The van der Waals surface area contributed by atoms with Crippen molar-refractivity contribution in [1.29, 1.82) is 0 Å². The van der Waals surface area contributed by atoms with Crippen LogP contribution in [-0.2, 0) is 27.5 Å². The number of carboxylic acids is 1. The highest BCUT2D eigenvalue weighted by atomic mass is 32.2. The van der Waals surface area contributed by atoms with E-state index in [0.717, 1.165) is 14.7 Å². The summed E-state index contributed by atoms with van der Waals surface area (Å²) in [4.78, 5) is 55.1. The lowest BCUT2D eigenvalue weighted by atomic mass is 9.77. The number of carboxylic acid groups (broad SMARTS) is 1. The van der Waals surface area contributed by atoms with Crippen LogP contribution in [0, 0.1) is 22.0 Å². The molecule has 1 fully saturated rings. The van der Waals surface area contributed by atoms with E-state index in [2.05, 4.69) is 10.3 Å². The van der Waals surface area contributed by atoms with Gasteiger partial charge in [-0.1, -0.05) is 30.0 Å². The Morgan fingerprint density at radius 3 is 2.69 bits per heavy atom. The van der Waals surface area contributed by atoms with Crippen molar-refractivity contribution in [3.05, 3.63) is 74.1 Å². The van der Waals surface area contributed by atoms with Crippen LogP contribution in [0.3, 0.4) is 0 Å². The number of fused-ring (bicyclic) bond motifs is 2. The standard InChI is InChI=1S/C28H26N6O8S3/c1-13-19(22(26(37)38)33-21(13)20(14(2)35)23(33)36)18-9-32-12-31(24(43-3)25(32)45-18)8-16-11-44-27(29-16)30-28(39)42-10-15-4-6-17(7-5-15)34(40)41/h4-7,9,11-14,20-21,35H,8,10H2,1-3H3,(H-,29,30,37,38,39)/p+1/t13-,14+,20+,21+/m0/s1. The summed E-state index contributed by atoms with van der Waals surface area (Å²) in [5, 5.41) is 36.7. The first-order valence-electron chi connectivity index (χ1n) is 13.7. The molecule has 4 atom stereocenters. The van der Waals surface area contributed by atoms with Crippen molar-refractivity contribution in [3.63, 3.8) is 0 Å². The first-order valence-corrected chi connectivity index (χ1v) is 16.6. The number of non-ortho nitro benzene ring substituents is 1. The van der Waals surface area contributed by atoms with E-state index in [1.165, 1.54) is 63.6 Å². The monoisotopic (exact) mass is 671 g/mol. The molecule has 5 heterocycles. The zero-order valence-corrected chi connectivity index (χ0v) is 26.5. The molecule has 2 aliphatic heterocycles. The molecule has 2 aliphatic rings. The third-order valence-corrected chi connectivity index (χ3v) is 10.7. The van der Waals surface area contributed by atoms with Crippen LogP contribution < -0.4 is 9.88 Å². The molecule has 3 aromatic heterocycles. The third kappa shape index (κ3) is 5.45. The predicted octanol–water partition coefficient (Wildman–Crippen LogP) is 3.83. The number of carbonyl (C=O) groups is 3. The first-order chi connectivity index (χ1) is 21.5. The van der Waals surface area contributed by atoms with E-state index >= 15 is 0 Å². The van der Waals surface area contributed by atoms with Crippen LogP contribution in [0.5, 0.6) is 0 Å². The molecule has 234 valence electrons. The maximum Gasteiger partial charge on any atom is 0.413 e. The molecule has 0 unspecified atom stereocenters. The second-order valence-corrected chi connectivity index (χ2v) is 13.3. The Balaban J connectivity index is 1.16. The van der Waals surface area contributed by atoms with Gasteiger partial charge in [-0.3, -0.25) is 20.2 Å². The highest BCUT2D eigenvalue weighted by Gasteiger charge is 2.60. The maximum atomic E-state index is 12.7. The Morgan fingerprint density at radius 1 is 1.31 bits per heavy atom. The second-order valence-electron chi connectivity index (χ2n) is 10.7. The van der Waals surface area contributed by atoms with Crippen LogP contribution in [0.2, 0.25) is 0 Å². The minimum atomic E-state index is -1.17. The van der Waals surface area contributed by atoms with E-state index in [-0.39, 0.29) is 29.8 Å². The highest BCUT2D eigenvalue weighted by Crippen LogP contribution is 2.51. The molecular weight excluding hydrogens is 645 g/mol. The van der Waals surface area contributed by atoms with Crippen molar-refractivity contribution in [2.75, 3.05) is 11.6 Å². The van der Waals surface area contributed by atoms with Gasteiger partial charge in [-0.15, -0.1) is 11.3 Å². The van der Waals surface area contributed by atoms with Crippen LogP contribution >= 0.6 is 34.4 Å². The Labute approximate surface area is 267 Å². The van der Waals surface area contributed by atoms with Crippen LogP contribution in [0.4, 0.5) is 15.6 Å². The molecule has 0 radical (unpaired) electrons. The van der Waals surface area contributed by atoms with Gasteiger partial charge in [0.1, 0.15) is 25.0 Å². The summed E-state index contributed by atoms with van der Waals surface area (Å²) in [5.41, 5.74) is 1.83. The van der Waals surface area contributed by atoms with E-state index in [1.54, 1.807) is 6.92 Å². The molecule has 1 aromatic carbocycles. The number of aromatic nitrogens is 3. The van der Waals surface area contributed by atoms with Crippen LogP contribution in [0.15, 0.2) is 52.9 Å². The smallest absolute Gasteiger partial charge is 0.413 e. The van der Waals surface area contributed by atoms with Gasteiger partial charge >= 0.3 is 12.1 Å². The van der Waals surface area contributed by atoms with Gasteiger partial charge in [-0.2, -0.15) is 4.40 Å². The number of nitrogens with zero attached hydrogens (tertiary/aromatic N) is 5. The molecule has 4 aromatic rings. The summed E-state index contributed by atoms with van der Waals surface area (Å²) in [5.74, 6) is -2.42. The normalized spacial score (nSPS) is 19.9. The largest absolute Gasteiger partial charge is 0.477 e. The van der Waals surface area contributed by atoms with Crippen molar-refractivity contribution < 1.29 is 38.8 Å². The molecule has 0 spiro atoms. The van der Waals surface area contributed by atoms with Gasteiger partial charge in [0.25, 0.3) is 12.0 Å². The Morgan fingerprint density at radius 2 is 2.04 bits per heavy atom. The van der Waals surface area contributed by atoms with Gasteiger partial charge in [-0.25, -0.2) is 19.1 Å². The Bertz CT molecular complexity index is 1880. The van der Waals surface area contributed by atoms with Crippen molar-refractivity contribution in [3.8, 4) is 0 Å². The van der Waals surface area contributed by atoms with Crippen molar-refractivity contribution in [2.24, 2.45) is 11.8 Å². The molecule has 1 saturated heterocycles. The number of anilines is 1. The molecule has 0 saturated carbocycles. The molecule has 6 rings (SSSR count). The summed E-state index contributed by atoms with van der Waals surface area (Å²) >= 11 is 4.21. The number of benzene rings is 1. The topological polar surface area (TPSA) is 180 Å². The van der Waals surface area contributed by atoms with Gasteiger partial charge in [-0.05, 0) is 30.9 Å². The average Bonchev–Trinajstić information content (AvgIpc) is 3.73. The number of hydrogen-bond acceptors (Lipinski definition) is 11. The SMILES string of the molecule is CSc1c2sc(C3=C(C(=O)O)N4C(=O)[C@H]([C@@H](C)O)[C@H]4[C@H]3C)cn2c[n+]1Cc1csc(NC(=O)OCc2ccc([N+](=O)[O-])cc2)n1. The highest BCUT2D eigenvalue weighted by molar-refractivity contribution is 7.98. The van der Waals surface area contributed by atoms with E-state index < -0.39 is 35.0 Å². The number of ether oxygens (including phenoxy) is 1. The molecule has 14 nitrogen and oxygen atoms in total. The predicted molar refractivity (Wildman–Crippen MR) is 165 cm³/mol. The Hall–Kier alpha value is -4.32. The number of imidazole rings is 1. The lowest BCUT2D eigenvalue weighted by molar-refractivity contribution is -0.722. The molecule has 45 heavy (non-hydrogen) atoms. The fourth-order valence-corrected chi connectivity index (χ4v) is 8.73. The fraction of sp³-hybridized carbons (Fsp3) is 0.321. The number of thiazole rings is 2. The van der Waals surface area contributed by atoms with Crippen LogP contribution in [0.25, 0.3) is 10.4 Å². The summed E-state index contributed by atoms with van der Waals surface area (Å²) in [6.45, 7) is 3.81. The van der Waals surface area contributed by atoms with Crippen LogP contribution in [-0.4, -0.2) is 65.8 Å². The number of nitro groups is 1. The van der Waals surface area contributed by atoms with Crippen molar-refractivity contribution in [1.82, 2.24) is 14.3 Å². The number of β-lactam (4-membered cyclic amide) rings is 1. The average molecular weight is 672 g/mol. The van der Waals surface area contributed by atoms with E-state index in [4.69, 9.17) is 4.74 Å². The number of thioether (sulfide) groups is 1. The summed E-state index contributed by atoms with van der Waals surface area (Å²) in [7, 11) is 0. The van der Waals surface area contributed by atoms with Gasteiger partial charge in [0.05, 0.1) is 33.6 Å². The van der Waals surface area contributed by atoms with Gasteiger partial charge in [0.15, 0.2) is 5.13 Å². The number of aliphatic carboxylic acids is 1. The minimum Gasteiger partial charge on any atom is -0.477 e. The number of carbonyl (C=O) groups excluding carboxylic acids is 2. The van der Waals surface area contributed by atoms with E-state index in [1.807, 2.05) is 40.1 Å². The van der Waals surface area contributed by atoms with Crippen LogP contribution in [0.1, 0.15) is 30.0 Å². The molecule has 3 N–H and O–H groups in total. The van der Waals surface area contributed by atoms with Crippen molar-refractivity contribution >= 4 is 73.6 Å². The van der Waals surface area contributed by atoms with Gasteiger partial charge in [0.2, 0.25) is 15.8 Å². The quantitative estimate of drug-likeness (QED) is 0.0737. The number of nitrogens with one attached hydrogen (secondary N) is 1. The fourth-order valence-electron chi connectivity index (χ4n) is 5.87. The lowest BCUT2D eigenvalue weighted by Gasteiger charge is -2.46. The molecule has 0 bridgehead atoms. The van der Waals surface area contributed by atoms with E-state index in [9.17, 15) is 34.7 Å². The second kappa shape index (κ2) is 11.9. The zero-order valence-electron chi connectivity index (χ0n) is 24.1. The molecular formula is C28H27N6O8S3+. The molecule has 2 amide bonds. The van der Waals surface area contributed by atoms with Crippen molar-refractivity contribution in [2.45, 2.75) is 44.2 Å². The van der Waals surface area contributed by atoms with Gasteiger partial charge < -0.3 is 19.8 Å². The number of hydrogen-bond donors (Lipinski definition) is 3. The first kappa shape index (κ1) is 30.7. The molecule has 17 heteroatoms. The lowest BCUT2D eigenvalue weighted by Crippen LogP contribution is -2.63. The van der Waals surface area contributed by atoms with E-state index in [0.29, 0.717) is 28.5 Å². The number of aliphatic hydroxyl groups excluding tert-OH is 1. The number of aliphatic hydroxyl groups is 1. The summed E-state index contributed by atoms with van der Waals surface area (Å²) in [6, 6.07) is 5.33. The number of amides is 2. The maximum absolute atomic E-state index is 12.7. The minimum absolute atomic E-state index is 0.0220. The zero-order chi connectivity index (χ0) is 32.2. The third-order valence-electron chi connectivity index (χ3n) is 7.85. The summed E-state index contributed by atoms with van der Waals surface area (Å²) < 4.78 is 9.15. The number of rotatable bonds is 10. The summed E-state index contributed by atoms with van der Waals surface area (Å²) in [6.07, 6.45) is 4.13.